The topological polar surface area (TPSA) is 93.5 Å². The zero-order valence-electron chi connectivity index (χ0n) is 12.4. The number of nitrogens with zero attached hydrogens (tertiary/aromatic N) is 2. The largest absolute Gasteiger partial charge is 0.493 e. The lowest BCUT2D eigenvalue weighted by Crippen LogP contribution is -2.14. The predicted molar refractivity (Wildman–Crippen MR) is 82.5 cm³/mol. The van der Waals surface area contributed by atoms with Crippen LogP contribution in [0.4, 0.5) is 5.82 Å². The highest BCUT2D eigenvalue weighted by Crippen LogP contribution is 2.29. The van der Waals surface area contributed by atoms with Crippen molar-refractivity contribution in [2.24, 2.45) is 5.92 Å². The summed E-state index contributed by atoms with van der Waals surface area (Å²) < 4.78 is 6.86. The molecule has 1 heterocycles. The lowest BCUT2D eigenvalue weighted by Gasteiger charge is -2.06. The minimum atomic E-state index is -0.993. The Morgan fingerprint density at radius 2 is 2.00 bits per heavy atom. The maximum Gasteiger partial charge on any atom is 0.325 e. The second-order valence-electron chi connectivity index (χ2n) is 5.53. The number of carboxylic acids is 1. The smallest absolute Gasteiger partial charge is 0.325 e. The van der Waals surface area contributed by atoms with Gasteiger partial charge in [0, 0.05) is 17.8 Å². The highest BCUT2D eigenvalue weighted by molar-refractivity contribution is 6.03. The van der Waals surface area contributed by atoms with Gasteiger partial charge in [0.15, 0.2) is 5.82 Å². The second kappa shape index (κ2) is 6.51. The van der Waals surface area contributed by atoms with Crippen LogP contribution < -0.4 is 10.1 Å². The van der Waals surface area contributed by atoms with Crippen molar-refractivity contribution in [2.45, 2.75) is 19.4 Å². The van der Waals surface area contributed by atoms with Crippen LogP contribution >= 0.6 is 0 Å². The molecule has 1 fully saturated rings. The Morgan fingerprint density at radius 3 is 2.65 bits per heavy atom. The SMILES string of the molecule is O=C(O)Cn1ccc(NC(=O)c2ccc(OCC3CC3)cc2)n1. The van der Waals surface area contributed by atoms with Gasteiger partial charge in [-0.3, -0.25) is 14.3 Å². The van der Waals surface area contributed by atoms with E-state index in [0.717, 1.165) is 12.4 Å². The molecule has 2 N–H and O–H groups in total. The lowest BCUT2D eigenvalue weighted by atomic mass is 10.2. The molecule has 0 saturated heterocycles. The van der Waals surface area contributed by atoms with Crippen LogP contribution in [0, 0.1) is 5.92 Å². The number of carbonyl (C=O) groups excluding carboxylic acids is 1. The van der Waals surface area contributed by atoms with Crippen molar-refractivity contribution in [3.05, 3.63) is 42.1 Å². The van der Waals surface area contributed by atoms with Gasteiger partial charge in [-0.25, -0.2) is 0 Å². The summed E-state index contributed by atoms with van der Waals surface area (Å²) in [7, 11) is 0. The van der Waals surface area contributed by atoms with E-state index >= 15 is 0 Å². The summed E-state index contributed by atoms with van der Waals surface area (Å²) in [4.78, 5) is 22.7. The number of aliphatic carboxylic acids is 1. The van der Waals surface area contributed by atoms with Gasteiger partial charge in [0.2, 0.25) is 0 Å². The first kappa shape index (κ1) is 15.1. The second-order valence-corrected chi connectivity index (χ2v) is 5.53. The molecule has 0 unspecified atom stereocenters. The molecule has 0 spiro atoms. The van der Waals surface area contributed by atoms with E-state index in [9.17, 15) is 9.59 Å². The van der Waals surface area contributed by atoms with Crippen molar-refractivity contribution < 1.29 is 19.4 Å². The Hall–Kier alpha value is -2.83. The zero-order chi connectivity index (χ0) is 16.2. The van der Waals surface area contributed by atoms with Crippen LogP contribution in [0.15, 0.2) is 36.5 Å². The highest BCUT2D eigenvalue weighted by atomic mass is 16.5. The monoisotopic (exact) mass is 315 g/mol. The molecule has 1 aromatic heterocycles. The number of rotatable bonds is 7. The molecular weight excluding hydrogens is 298 g/mol. The van der Waals surface area contributed by atoms with Gasteiger partial charge in [0.1, 0.15) is 12.3 Å². The quantitative estimate of drug-likeness (QED) is 0.815. The average molecular weight is 315 g/mol. The molecule has 1 aliphatic rings. The third-order valence-corrected chi connectivity index (χ3v) is 3.48. The predicted octanol–water partition coefficient (Wildman–Crippen LogP) is 2.01. The van der Waals surface area contributed by atoms with E-state index in [1.165, 1.54) is 23.7 Å². The molecule has 0 atom stereocenters. The molecule has 23 heavy (non-hydrogen) atoms. The van der Waals surface area contributed by atoms with Crippen molar-refractivity contribution in [1.82, 2.24) is 9.78 Å². The van der Waals surface area contributed by atoms with E-state index in [1.54, 1.807) is 30.3 Å². The van der Waals surface area contributed by atoms with E-state index in [2.05, 4.69) is 10.4 Å². The van der Waals surface area contributed by atoms with Crippen LogP contribution in [-0.4, -0.2) is 33.4 Å². The molecule has 1 saturated carbocycles. The Balaban J connectivity index is 1.56. The van der Waals surface area contributed by atoms with Crippen LogP contribution in [-0.2, 0) is 11.3 Å². The number of carbonyl (C=O) groups is 2. The molecular formula is C16H17N3O4. The van der Waals surface area contributed by atoms with Gasteiger partial charge >= 0.3 is 5.97 Å². The van der Waals surface area contributed by atoms with Crippen molar-refractivity contribution in [3.63, 3.8) is 0 Å². The van der Waals surface area contributed by atoms with E-state index in [-0.39, 0.29) is 12.5 Å². The Labute approximate surface area is 132 Å². The first-order valence-corrected chi connectivity index (χ1v) is 7.39. The van der Waals surface area contributed by atoms with E-state index in [4.69, 9.17) is 9.84 Å². The van der Waals surface area contributed by atoms with Gasteiger partial charge in [-0.1, -0.05) is 0 Å². The molecule has 1 aromatic carbocycles. The number of aromatic nitrogens is 2. The van der Waals surface area contributed by atoms with Crippen LogP contribution in [0.5, 0.6) is 5.75 Å². The third kappa shape index (κ3) is 4.32. The van der Waals surface area contributed by atoms with Gasteiger partial charge in [-0.2, -0.15) is 5.10 Å². The minimum absolute atomic E-state index is 0.247. The Morgan fingerprint density at radius 1 is 1.26 bits per heavy atom. The molecule has 0 bridgehead atoms. The molecule has 3 rings (SSSR count). The number of amides is 1. The van der Waals surface area contributed by atoms with Crippen molar-refractivity contribution in [1.29, 1.82) is 0 Å². The Kier molecular flexibility index (Phi) is 4.27. The molecule has 1 aliphatic carbocycles. The van der Waals surface area contributed by atoms with Gasteiger partial charge < -0.3 is 15.2 Å². The molecule has 7 heteroatoms. The normalized spacial score (nSPS) is 13.6. The number of hydrogen-bond donors (Lipinski definition) is 2. The fourth-order valence-electron chi connectivity index (χ4n) is 2.04. The van der Waals surface area contributed by atoms with Crippen LogP contribution in [0.2, 0.25) is 0 Å². The van der Waals surface area contributed by atoms with Gasteiger partial charge in [0.05, 0.1) is 6.61 Å². The number of nitrogens with one attached hydrogen (secondary N) is 1. The van der Waals surface area contributed by atoms with E-state index < -0.39 is 5.97 Å². The minimum Gasteiger partial charge on any atom is -0.493 e. The fraction of sp³-hybridized carbons (Fsp3) is 0.312. The number of carboxylic acid groups (broad SMARTS) is 1. The summed E-state index contributed by atoms with van der Waals surface area (Å²) in [5.74, 6) is 0.440. The lowest BCUT2D eigenvalue weighted by molar-refractivity contribution is -0.137. The summed E-state index contributed by atoms with van der Waals surface area (Å²) in [5.41, 5.74) is 0.483. The van der Waals surface area contributed by atoms with E-state index in [1.807, 2.05) is 0 Å². The molecule has 120 valence electrons. The number of hydrogen-bond acceptors (Lipinski definition) is 4. The number of benzene rings is 1. The number of ether oxygens (including phenoxy) is 1. The Bertz CT molecular complexity index is 704. The van der Waals surface area contributed by atoms with Crippen molar-refractivity contribution >= 4 is 17.7 Å². The summed E-state index contributed by atoms with van der Waals surface area (Å²) >= 11 is 0. The van der Waals surface area contributed by atoms with Crippen molar-refractivity contribution in [3.8, 4) is 5.75 Å². The molecule has 0 radical (unpaired) electrons. The summed E-state index contributed by atoms with van der Waals surface area (Å²) in [6, 6.07) is 8.45. The summed E-state index contributed by atoms with van der Waals surface area (Å²) in [6.07, 6.45) is 3.96. The summed E-state index contributed by atoms with van der Waals surface area (Å²) in [5, 5.41) is 15.3. The van der Waals surface area contributed by atoms with Gasteiger partial charge in [-0.05, 0) is 43.0 Å². The van der Waals surface area contributed by atoms with Gasteiger partial charge in [0.25, 0.3) is 5.91 Å². The van der Waals surface area contributed by atoms with E-state index in [0.29, 0.717) is 17.3 Å². The van der Waals surface area contributed by atoms with Crippen LogP contribution in [0.3, 0.4) is 0 Å². The first-order valence-electron chi connectivity index (χ1n) is 7.39. The fourth-order valence-corrected chi connectivity index (χ4v) is 2.04. The maximum atomic E-state index is 12.1. The highest BCUT2D eigenvalue weighted by Gasteiger charge is 2.21. The molecule has 7 nitrogen and oxygen atoms in total. The molecule has 0 aliphatic heterocycles. The van der Waals surface area contributed by atoms with Crippen LogP contribution in [0.1, 0.15) is 23.2 Å². The van der Waals surface area contributed by atoms with Gasteiger partial charge in [-0.15, -0.1) is 0 Å². The van der Waals surface area contributed by atoms with Crippen molar-refractivity contribution in [2.75, 3.05) is 11.9 Å². The zero-order valence-corrected chi connectivity index (χ0v) is 12.4. The molecule has 2 aromatic rings. The first-order chi connectivity index (χ1) is 11.1. The van der Waals surface area contributed by atoms with Crippen LogP contribution in [0.25, 0.3) is 0 Å². The molecule has 1 amide bonds. The summed E-state index contributed by atoms with van der Waals surface area (Å²) in [6.45, 7) is 0.482. The number of anilines is 1. The maximum absolute atomic E-state index is 12.1. The standard InChI is InChI=1S/C16H17N3O4/c20-15(21)9-19-8-7-14(18-19)17-16(22)12-3-5-13(6-4-12)23-10-11-1-2-11/h3-8,11H,1-2,9-10H2,(H,20,21)(H,17,18,22). The average Bonchev–Trinajstić information content (AvgIpc) is 3.26. The third-order valence-electron chi connectivity index (χ3n) is 3.48.